The van der Waals surface area contributed by atoms with Crippen LogP contribution in [0.15, 0.2) is 0 Å². The molecule has 0 saturated heterocycles. The van der Waals surface area contributed by atoms with Crippen LogP contribution in [0.2, 0.25) is 0 Å². The number of esters is 1. The third-order valence-electron chi connectivity index (χ3n) is 4.29. The number of rotatable bonds is 13. The lowest BCUT2D eigenvalue weighted by atomic mass is 9.87. The van der Waals surface area contributed by atoms with E-state index in [1.54, 1.807) is 6.92 Å². The Morgan fingerprint density at radius 1 is 1.04 bits per heavy atom. The van der Waals surface area contributed by atoms with Gasteiger partial charge in [0.25, 0.3) is 0 Å². The predicted molar refractivity (Wildman–Crippen MR) is 98.5 cm³/mol. The molecule has 152 valence electrons. The molecule has 0 saturated carbocycles. The quantitative estimate of drug-likeness (QED) is 0.374. The van der Waals surface area contributed by atoms with Crippen LogP contribution in [0.1, 0.15) is 73.1 Å². The topological polar surface area (TPSA) is 102 Å². The molecule has 0 aromatic carbocycles. The number of hydrogen-bond donors (Lipinski definition) is 2. The Labute approximate surface area is 156 Å². The fourth-order valence-electron chi connectivity index (χ4n) is 2.67. The smallest absolute Gasteiger partial charge is 0.410 e. The maximum Gasteiger partial charge on any atom is 0.410 e. The van der Waals surface area contributed by atoms with Crippen LogP contribution in [0.3, 0.4) is 0 Å². The van der Waals surface area contributed by atoms with Crippen LogP contribution in [0.4, 0.5) is 4.79 Å². The second kappa shape index (κ2) is 13.4. The predicted octanol–water partition coefficient (Wildman–Crippen LogP) is 3.96. The molecule has 0 rings (SSSR count). The highest BCUT2D eigenvalue weighted by Gasteiger charge is 2.23. The van der Waals surface area contributed by atoms with Gasteiger partial charge in [-0.1, -0.05) is 53.4 Å². The Hall–Kier alpha value is -1.79. The van der Waals surface area contributed by atoms with Gasteiger partial charge in [-0.05, 0) is 18.3 Å². The number of hydrogen-bond acceptors (Lipinski definition) is 5. The summed E-state index contributed by atoms with van der Waals surface area (Å²) in [5, 5.41) is 11.9. The van der Waals surface area contributed by atoms with Crippen LogP contribution in [-0.4, -0.2) is 36.0 Å². The summed E-state index contributed by atoms with van der Waals surface area (Å²) in [6.07, 6.45) is 3.02. The number of carboxylic acid groups (broad SMARTS) is 1. The van der Waals surface area contributed by atoms with E-state index in [4.69, 9.17) is 9.47 Å². The van der Waals surface area contributed by atoms with Gasteiger partial charge in [0.15, 0.2) is 0 Å². The average molecular weight is 373 g/mol. The van der Waals surface area contributed by atoms with Gasteiger partial charge < -0.3 is 19.9 Å². The number of amides is 1. The first-order valence-electron chi connectivity index (χ1n) is 9.56. The minimum atomic E-state index is -1.01. The fourth-order valence-corrected chi connectivity index (χ4v) is 2.67. The van der Waals surface area contributed by atoms with Gasteiger partial charge in [-0.15, -0.1) is 0 Å². The van der Waals surface area contributed by atoms with Crippen molar-refractivity contribution in [1.82, 2.24) is 5.32 Å². The van der Waals surface area contributed by atoms with Gasteiger partial charge in [-0.25, -0.2) is 4.79 Å². The van der Waals surface area contributed by atoms with Crippen molar-refractivity contribution in [2.24, 2.45) is 17.8 Å². The SMILES string of the molecule is CCC(=O)O[C@@H](C)OC(=O)NC[C@H](C[C@@H](CC)CCCC(C)C)C(=O)O. The molecule has 1 amide bonds. The molecule has 0 spiro atoms. The molecular formula is C19H35NO6. The first kappa shape index (κ1) is 24.2. The number of carbonyl (C=O) groups is 3. The maximum absolute atomic E-state index is 11.7. The molecule has 0 fully saturated rings. The van der Waals surface area contributed by atoms with Gasteiger partial charge in [-0.3, -0.25) is 9.59 Å². The molecule has 2 N–H and O–H groups in total. The highest BCUT2D eigenvalue weighted by molar-refractivity contribution is 5.73. The summed E-state index contributed by atoms with van der Waals surface area (Å²) in [4.78, 5) is 34.4. The minimum absolute atomic E-state index is 0.0106. The number of carboxylic acids is 1. The van der Waals surface area contributed by atoms with Crippen molar-refractivity contribution >= 4 is 18.0 Å². The first-order valence-corrected chi connectivity index (χ1v) is 9.56. The number of alkyl carbamates (subject to hydrolysis) is 1. The monoisotopic (exact) mass is 373 g/mol. The Morgan fingerprint density at radius 2 is 1.69 bits per heavy atom. The van der Waals surface area contributed by atoms with Crippen molar-refractivity contribution in [2.45, 2.75) is 79.4 Å². The van der Waals surface area contributed by atoms with E-state index in [-0.39, 0.29) is 13.0 Å². The van der Waals surface area contributed by atoms with E-state index in [0.717, 1.165) is 25.7 Å². The number of aliphatic carboxylic acids is 1. The number of carbonyl (C=O) groups excluding carboxylic acids is 2. The minimum Gasteiger partial charge on any atom is -0.481 e. The molecule has 3 atom stereocenters. The normalized spacial score (nSPS) is 14.4. The Bertz CT molecular complexity index is 438. The molecule has 0 aliphatic carbocycles. The second-order valence-corrected chi connectivity index (χ2v) is 7.07. The summed E-state index contributed by atoms with van der Waals surface area (Å²) >= 11 is 0. The van der Waals surface area contributed by atoms with E-state index in [0.29, 0.717) is 18.3 Å². The van der Waals surface area contributed by atoms with Gasteiger partial charge in [-0.2, -0.15) is 0 Å². The lowest BCUT2D eigenvalue weighted by Gasteiger charge is -2.21. The molecule has 0 radical (unpaired) electrons. The molecule has 0 bridgehead atoms. The zero-order valence-corrected chi connectivity index (χ0v) is 16.7. The van der Waals surface area contributed by atoms with Gasteiger partial charge in [0, 0.05) is 19.9 Å². The zero-order chi connectivity index (χ0) is 20.1. The average Bonchev–Trinajstić information content (AvgIpc) is 2.55. The summed E-state index contributed by atoms with van der Waals surface area (Å²) < 4.78 is 9.72. The number of nitrogens with one attached hydrogen (secondary N) is 1. The third-order valence-corrected chi connectivity index (χ3v) is 4.29. The van der Waals surface area contributed by atoms with E-state index < -0.39 is 30.2 Å². The van der Waals surface area contributed by atoms with Crippen molar-refractivity contribution in [2.75, 3.05) is 6.54 Å². The van der Waals surface area contributed by atoms with Crippen LogP contribution < -0.4 is 5.32 Å². The highest BCUT2D eigenvalue weighted by atomic mass is 16.7. The van der Waals surface area contributed by atoms with Crippen molar-refractivity contribution in [1.29, 1.82) is 0 Å². The fraction of sp³-hybridized carbons (Fsp3) is 0.842. The Morgan fingerprint density at radius 3 is 2.19 bits per heavy atom. The standard InChI is InChI=1S/C19H35NO6/c1-6-15(10-8-9-13(3)4)11-16(18(22)23)12-20-19(24)26-14(5)25-17(21)7-2/h13-16H,6-12H2,1-5H3,(H,20,24)(H,22,23)/t14-,15+,16+/m1/s1. The molecule has 0 aromatic heterocycles. The van der Waals surface area contributed by atoms with Gasteiger partial charge in [0.1, 0.15) is 0 Å². The van der Waals surface area contributed by atoms with Crippen LogP contribution in [-0.2, 0) is 19.1 Å². The van der Waals surface area contributed by atoms with Crippen molar-refractivity contribution < 1.29 is 29.0 Å². The van der Waals surface area contributed by atoms with E-state index in [2.05, 4.69) is 26.1 Å². The van der Waals surface area contributed by atoms with Crippen LogP contribution in [0.25, 0.3) is 0 Å². The number of ether oxygens (including phenoxy) is 2. The largest absolute Gasteiger partial charge is 0.481 e. The summed E-state index contributed by atoms with van der Waals surface area (Å²) in [5.41, 5.74) is 0. The van der Waals surface area contributed by atoms with E-state index >= 15 is 0 Å². The van der Waals surface area contributed by atoms with Crippen LogP contribution in [0, 0.1) is 17.8 Å². The zero-order valence-electron chi connectivity index (χ0n) is 16.7. The summed E-state index contributed by atoms with van der Waals surface area (Å²) in [6, 6.07) is 0. The molecular weight excluding hydrogens is 338 g/mol. The lowest BCUT2D eigenvalue weighted by Crippen LogP contribution is -2.36. The Balaban J connectivity index is 4.38. The van der Waals surface area contributed by atoms with Crippen molar-refractivity contribution in [3.8, 4) is 0 Å². The lowest BCUT2D eigenvalue weighted by molar-refractivity contribution is -0.164. The van der Waals surface area contributed by atoms with Crippen LogP contribution >= 0.6 is 0 Å². The van der Waals surface area contributed by atoms with Crippen molar-refractivity contribution in [3.05, 3.63) is 0 Å². The molecule has 0 heterocycles. The summed E-state index contributed by atoms with van der Waals surface area (Å²) in [6.45, 7) is 9.47. The van der Waals surface area contributed by atoms with E-state index in [1.165, 1.54) is 6.92 Å². The summed E-state index contributed by atoms with van der Waals surface area (Å²) in [7, 11) is 0. The molecule has 7 nitrogen and oxygen atoms in total. The molecule has 0 aliphatic heterocycles. The molecule has 0 unspecified atom stereocenters. The third kappa shape index (κ3) is 11.7. The summed E-state index contributed by atoms with van der Waals surface area (Å²) in [5.74, 6) is -1.11. The first-order chi connectivity index (χ1) is 12.2. The van der Waals surface area contributed by atoms with Gasteiger partial charge in [0.05, 0.1) is 5.92 Å². The van der Waals surface area contributed by atoms with Crippen LogP contribution in [0.5, 0.6) is 0 Å². The Kier molecular flexibility index (Phi) is 12.5. The molecule has 0 aromatic rings. The maximum atomic E-state index is 11.7. The van der Waals surface area contributed by atoms with Gasteiger partial charge in [0.2, 0.25) is 6.29 Å². The van der Waals surface area contributed by atoms with E-state index in [9.17, 15) is 19.5 Å². The van der Waals surface area contributed by atoms with Gasteiger partial charge >= 0.3 is 18.0 Å². The molecule has 26 heavy (non-hydrogen) atoms. The molecule has 7 heteroatoms. The highest BCUT2D eigenvalue weighted by Crippen LogP contribution is 2.23. The van der Waals surface area contributed by atoms with Crippen molar-refractivity contribution in [3.63, 3.8) is 0 Å². The second-order valence-electron chi connectivity index (χ2n) is 7.07. The van der Waals surface area contributed by atoms with E-state index in [1.807, 2.05) is 0 Å². The molecule has 0 aliphatic rings.